The highest BCUT2D eigenvalue weighted by molar-refractivity contribution is 6.76. The van der Waals surface area contributed by atoms with E-state index in [0.717, 1.165) is 11.6 Å². The van der Waals surface area contributed by atoms with Crippen LogP contribution in [0.3, 0.4) is 0 Å². The maximum Gasteiger partial charge on any atom is 0.407 e. The zero-order valence-corrected chi connectivity index (χ0v) is 19.9. The summed E-state index contributed by atoms with van der Waals surface area (Å²) in [6, 6.07) is 8.22. The van der Waals surface area contributed by atoms with E-state index in [1.807, 2.05) is 39.8 Å². The molecule has 0 fully saturated rings. The average Bonchev–Trinajstić information content (AvgIpc) is 2.53. The second kappa shape index (κ2) is 10.3. The van der Waals surface area contributed by atoms with Crippen molar-refractivity contribution in [1.82, 2.24) is 5.32 Å². The van der Waals surface area contributed by atoms with Gasteiger partial charge in [0, 0.05) is 25.6 Å². The minimum Gasteiger partial charge on any atom is -0.466 e. The van der Waals surface area contributed by atoms with Crippen LogP contribution in [-0.4, -0.2) is 38.9 Å². The average molecular weight is 428 g/mol. The third-order valence-electron chi connectivity index (χ3n) is 4.24. The third-order valence-corrected chi connectivity index (χ3v) is 6.19. The molecule has 158 valence electrons. The number of amides is 1. The summed E-state index contributed by atoms with van der Waals surface area (Å²) in [4.78, 5) is 24.7. The van der Waals surface area contributed by atoms with Gasteiger partial charge in [0.25, 0.3) is 0 Å². The van der Waals surface area contributed by atoms with Crippen molar-refractivity contribution in [3.8, 4) is 0 Å². The fourth-order valence-electron chi connectivity index (χ4n) is 2.55. The number of carbonyl (C=O) groups is 2. The summed E-state index contributed by atoms with van der Waals surface area (Å²) >= 11 is 5.99. The highest BCUT2D eigenvalue weighted by atomic mass is 35.5. The molecule has 5 nitrogen and oxygen atoms in total. The predicted octanol–water partition coefficient (Wildman–Crippen LogP) is 5.47. The number of hydrogen-bond acceptors (Lipinski definition) is 4. The van der Waals surface area contributed by atoms with Crippen LogP contribution in [0, 0.1) is 5.92 Å². The minimum absolute atomic E-state index is 0.246. The number of rotatable bonds is 8. The second-order valence-corrected chi connectivity index (χ2v) is 15.4. The lowest BCUT2D eigenvalue weighted by atomic mass is 9.87. The van der Waals surface area contributed by atoms with Gasteiger partial charge in [-0.1, -0.05) is 50.3 Å². The van der Waals surface area contributed by atoms with E-state index in [0.29, 0.717) is 11.6 Å². The number of esters is 1. The molecule has 0 radical (unpaired) electrons. The first-order valence-corrected chi connectivity index (χ1v) is 13.8. The van der Waals surface area contributed by atoms with E-state index in [2.05, 4.69) is 25.0 Å². The molecule has 28 heavy (non-hydrogen) atoms. The number of alkyl carbamates (subject to hydrolysis) is 1. The van der Waals surface area contributed by atoms with Gasteiger partial charge in [-0.2, -0.15) is 0 Å². The molecular formula is C21H34ClNO4Si. The lowest BCUT2D eigenvalue weighted by molar-refractivity contribution is -0.148. The summed E-state index contributed by atoms with van der Waals surface area (Å²) in [5.74, 6) is -0.925. The van der Waals surface area contributed by atoms with E-state index in [-0.39, 0.29) is 18.4 Å². The summed E-state index contributed by atoms with van der Waals surface area (Å²) in [7, 11) is -1.27. The lowest BCUT2D eigenvalue weighted by Gasteiger charge is -2.26. The van der Waals surface area contributed by atoms with Crippen molar-refractivity contribution in [3.63, 3.8) is 0 Å². The van der Waals surface area contributed by atoms with Gasteiger partial charge in [-0.25, -0.2) is 4.79 Å². The van der Waals surface area contributed by atoms with Crippen LogP contribution in [0.4, 0.5) is 4.79 Å². The number of ether oxygens (including phenoxy) is 2. The van der Waals surface area contributed by atoms with Gasteiger partial charge in [-0.15, -0.1) is 0 Å². The molecule has 0 bridgehead atoms. The molecule has 1 aromatic rings. The van der Waals surface area contributed by atoms with Crippen LogP contribution in [0.25, 0.3) is 0 Å². The number of nitrogens with one attached hydrogen (secondary N) is 1. The number of hydrogen-bond donors (Lipinski definition) is 1. The fourth-order valence-corrected chi connectivity index (χ4v) is 3.39. The van der Waals surface area contributed by atoms with Gasteiger partial charge in [0.05, 0.1) is 12.5 Å². The van der Waals surface area contributed by atoms with Crippen LogP contribution in [0.2, 0.25) is 30.7 Å². The molecule has 1 rings (SSSR count). The van der Waals surface area contributed by atoms with Crippen LogP contribution in [0.15, 0.2) is 24.3 Å². The maximum absolute atomic E-state index is 12.6. The van der Waals surface area contributed by atoms with Crippen molar-refractivity contribution >= 4 is 31.7 Å². The smallest absolute Gasteiger partial charge is 0.407 e. The Bertz CT molecular complexity index is 650. The standard InChI is InChI=1S/C21H34ClNO4Si/c1-15(19(24)26-12-13-28(5,6)7)18(16-8-10-17(22)11-9-16)14-23-20(25)27-21(2,3)4/h8-11,15,18H,12-14H2,1-7H3,(H,23,25)/t15-,18?/m0/s1. The van der Waals surface area contributed by atoms with Gasteiger partial charge < -0.3 is 14.8 Å². The van der Waals surface area contributed by atoms with Gasteiger partial charge >= 0.3 is 12.1 Å². The zero-order chi connectivity index (χ0) is 21.5. The summed E-state index contributed by atoms with van der Waals surface area (Å²) in [6.07, 6.45) is -0.509. The maximum atomic E-state index is 12.6. The van der Waals surface area contributed by atoms with Crippen molar-refractivity contribution in [2.45, 2.75) is 64.9 Å². The Morgan fingerprint density at radius 2 is 1.71 bits per heavy atom. The summed E-state index contributed by atoms with van der Waals surface area (Å²) < 4.78 is 10.8. The molecule has 0 spiro atoms. The SMILES string of the molecule is C[C@H](C(=O)OCC[Si](C)(C)C)C(CNC(=O)OC(C)(C)C)c1ccc(Cl)cc1. The Morgan fingerprint density at radius 3 is 2.21 bits per heavy atom. The van der Waals surface area contributed by atoms with Crippen molar-refractivity contribution in [1.29, 1.82) is 0 Å². The van der Waals surface area contributed by atoms with Crippen molar-refractivity contribution in [3.05, 3.63) is 34.9 Å². The van der Waals surface area contributed by atoms with Crippen LogP contribution in [0.1, 0.15) is 39.2 Å². The highest BCUT2D eigenvalue weighted by Crippen LogP contribution is 2.27. The molecule has 0 saturated carbocycles. The molecule has 1 unspecified atom stereocenters. The van der Waals surface area contributed by atoms with E-state index in [9.17, 15) is 9.59 Å². The zero-order valence-electron chi connectivity index (χ0n) is 18.1. The monoisotopic (exact) mass is 427 g/mol. The first kappa shape index (κ1) is 24.5. The Morgan fingerprint density at radius 1 is 1.14 bits per heavy atom. The Balaban J connectivity index is 2.83. The lowest BCUT2D eigenvalue weighted by Crippen LogP contribution is -2.37. The first-order valence-electron chi connectivity index (χ1n) is 9.67. The Labute approximate surface area is 175 Å². The molecular weight excluding hydrogens is 394 g/mol. The fraction of sp³-hybridized carbons (Fsp3) is 0.619. The van der Waals surface area contributed by atoms with Crippen molar-refractivity contribution in [2.24, 2.45) is 5.92 Å². The van der Waals surface area contributed by atoms with Gasteiger partial charge in [0.2, 0.25) is 0 Å². The number of carbonyl (C=O) groups excluding carboxylic acids is 2. The molecule has 1 N–H and O–H groups in total. The molecule has 0 saturated heterocycles. The molecule has 0 aliphatic heterocycles. The molecule has 1 amide bonds. The van der Waals surface area contributed by atoms with Gasteiger partial charge in [0.1, 0.15) is 5.60 Å². The molecule has 0 aromatic heterocycles. The Kier molecular flexibility index (Phi) is 9.02. The van der Waals surface area contributed by atoms with E-state index in [4.69, 9.17) is 21.1 Å². The highest BCUT2D eigenvalue weighted by Gasteiger charge is 2.28. The summed E-state index contributed by atoms with van der Waals surface area (Å²) in [6.45, 7) is 14.7. The van der Waals surface area contributed by atoms with Crippen LogP contribution in [0.5, 0.6) is 0 Å². The van der Waals surface area contributed by atoms with Crippen molar-refractivity contribution in [2.75, 3.05) is 13.2 Å². The number of halogens is 1. The largest absolute Gasteiger partial charge is 0.466 e. The molecule has 0 heterocycles. The second-order valence-electron chi connectivity index (χ2n) is 9.31. The van der Waals surface area contributed by atoms with Crippen LogP contribution in [-0.2, 0) is 14.3 Å². The number of benzene rings is 1. The van der Waals surface area contributed by atoms with Crippen LogP contribution >= 0.6 is 11.6 Å². The molecule has 2 atom stereocenters. The topological polar surface area (TPSA) is 64.6 Å². The van der Waals surface area contributed by atoms with Crippen LogP contribution < -0.4 is 5.32 Å². The Hall–Kier alpha value is -1.53. The normalized spacial score (nSPS) is 14.1. The van der Waals surface area contributed by atoms with Gasteiger partial charge in [0.15, 0.2) is 0 Å². The first-order chi connectivity index (χ1) is 12.8. The van der Waals surface area contributed by atoms with E-state index >= 15 is 0 Å². The summed E-state index contributed by atoms with van der Waals surface area (Å²) in [5, 5.41) is 3.39. The molecule has 7 heteroatoms. The quantitative estimate of drug-likeness (QED) is 0.441. The molecule has 0 aliphatic carbocycles. The van der Waals surface area contributed by atoms with Gasteiger partial charge in [-0.3, -0.25) is 4.79 Å². The summed E-state index contributed by atoms with van der Waals surface area (Å²) in [5.41, 5.74) is 0.330. The van der Waals surface area contributed by atoms with Gasteiger partial charge in [-0.05, 0) is 44.5 Å². The van der Waals surface area contributed by atoms with E-state index in [1.165, 1.54) is 0 Å². The molecule has 1 aromatic carbocycles. The predicted molar refractivity (Wildman–Crippen MR) is 117 cm³/mol. The molecule has 0 aliphatic rings. The van der Waals surface area contributed by atoms with Crippen molar-refractivity contribution < 1.29 is 19.1 Å². The van der Waals surface area contributed by atoms with E-state index in [1.54, 1.807) is 12.1 Å². The minimum atomic E-state index is -1.27. The third kappa shape index (κ3) is 9.60. The van der Waals surface area contributed by atoms with E-state index < -0.39 is 25.7 Å².